The number of halogens is 1. The molecule has 1 amide bonds. The summed E-state index contributed by atoms with van der Waals surface area (Å²) in [5.74, 6) is 0.753. The molecule has 0 radical (unpaired) electrons. The first kappa shape index (κ1) is 21.1. The number of aryl methyl sites for hydroxylation is 2. The number of nitrogens with zero attached hydrogens (tertiary/aromatic N) is 1. The molecule has 0 bridgehead atoms. The van der Waals surface area contributed by atoms with Crippen molar-refractivity contribution in [1.29, 1.82) is 0 Å². The summed E-state index contributed by atoms with van der Waals surface area (Å²) in [7, 11) is 0. The first-order chi connectivity index (χ1) is 14.3. The third kappa shape index (κ3) is 4.16. The summed E-state index contributed by atoms with van der Waals surface area (Å²) >= 11 is 2.97. The molecule has 0 spiro atoms. The second kappa shape index (κ2) is 8.15. The van der Waals surface area contributed by atoms with E-state index in [1.807, 2.05) is 20.8 Å². The Hall–Kier alpha value is -2.19. The third-order valence-electron chi connectivity index (χ3n) is 5.84. The van der Waals surface area contributed by atoms with Crippen LogP contribution in [-0.2, 0) is 16.0 Å². The molecule has 1 saturated carbocycles. The molecule has 3 aromatic rings. The lowest BCUT2D eigenvalue weighted by molar-refractivity contribution is -0.120. The second-order valence-corrected chi connectivity index (χ2v) is 10.5. The summed E-state index contributed by atoms with van der Waals surface area (Å²) in [5, 5.41) is 3.43. The van der Waals surface area contributed by atoms with Gasteiger partial charge in [-0.3, -0.25) is 9.59 Å². The maximum atomic E-state index is 13.2. The normalized spacial score (nSPS) is 15.9. The van der Waals surface area contributed by atoms with E-state index < -0.39 is 0 Å². The summed E-state index contributed by atoms with van der Waals surface area (Å²) in [6, 6.07) is 6.55. The standard InChI is InChI=1S/C22H24FN3O2S2/c1-12-13(2)30-21-18(12)20(28)25-17(26-21)10-29-14(3)19(27)24-11-22(8-9-22)15-4-6-16(23)7-5-15/h4-7,14H,8-11H2,1-3H3,(H,24,27)(H,25,26,28). The van der Waals surface area contributed by atoms with Gasteiger partial charge in [-0.05, 0) is 56.9 Å². The second-order valence-electron chi connectivity index (χ2n) is 7.93. The molecule has 1 unspecified atom stereocenters. The van der Waals surface area contributed by atoms with Gasteiger partial charge in [0.2, 0.25) is 5.91 Å². The Labute approximate surface area is 182 Å². The van der Waals surface area contributed by atoms with Gasteiger partial charge in [0, 0.05) is 16.8 Å². The zero-order valence-corrected chi connectivity index (χ0v) is 18.8. The molecule has 1 aliphatic carbocycles. The number of fused-ring (bicyclic) bond motifs is 1. The van der Waals surface area contributed by atoms with Gasteiger partial charge in [-0.2, -0.15) is 0 Å². The predicted octanol–water partition coefficient (Wildman–Crippen LogP) is 4.21. The van der Waals surface area contributed by atoms with Crippen molar-refractivity contribution < 1.29 is 9.18 Å². The molecule has 5 nitrogen and oxygen atoms in total. The minimum absolute atomic E-state index is 0.0420. The monoisotopic (exact) mass is 445 g/mol. The van der Waals surface area contributed by atoms with Crippen LogP contribution in [0.2, 0.25) is 0 Å². The Kier molecular flexibility index (Phi) is 5.72. The topological polar surface area (TPSA) is 74.8 Å². The number of thiophene rings is 1. The van der Waals surface area contributed by atoms with Crippen LogP contribution in [0.25, 0.3) is 10.2 Å². The molecule has 0 aliphatic heterocycles. The number of rotatable bonds is 7. The van der Waals surface area contributed by atoms with E-state index in [4.69, 9.17) is 0 Å². The molecule has 1 fully saturated rings. The Balaban J connectivity index is 1.35. The summed E-state index contributed by atoms with van der Waals surface area (Å²) in [6.45, 7) is 6.33. The van der Waals surface area contributed by atoms with Gasteiger partial charge in [0.15, 0.2) is 0 Å². The lowest BCUT2D eigenvalue weighted by Crippen LogP contribution is -2.37. The quantitative estimate of drug-likeness (QED) is 0.571. The summed E-state index contributed by atoms with van der Waals surface area (Å²) in [6.07, 6.45) is 1.98. The van der Waals surface area contributed by atoms with Gasteiger partial charge in [-0.15, -0.1) is 23.1 Å². The van der Waals surface area contributed by atoms with Crippen LogP contribution in [-0.4, -0.2) is 27.7 Å². The number of thioether (sulfide) groups is 1. The fourth-order valence-corrected chi connectivity index (χ4v) is 5.40. The molecule has 30 heavy (non-hydrogen) atoms. The predicted molar refractivity (Wildman–Crippen MR) is 121 cm³/mol. The molecular weight excluding hydrogens is 421 g/mol. The van der Waals surface area contributed by atoms with Crippen LogP contribution < -0.4 is 10.9 Å². The molecule has 0 saturated heterocycles. The lowest BCUT2D eigenvalue weighted by Gasteiger charge is -2.18. The van der Waals surface area contributed by atoms with Gasteiger partial charge in [0.05, 0.1) is 16.4 Å². The van der Waals surface area contributed by atoms with Crippen molar-refractivity contribution in [3.8, 4) is 0 Å². The van der Waals surface area contributed by atoms with Gasteiger partial charge in [-0.1, -0.05) is 12.1 Å². The highest BCUT2D eigenvalue weighted by molar-refractivity contribution is 7.99. The molecule has 1 aromatic carbocycles. The van der Waals surface area contributed by atoms with E-state index in [-0.39, 0.29) is 27.9 Å². The molecule has 8 heteroatoms. The van der Waals surface area contributed by atoms with Crippen LogP contribution in [0.1, 0.15) is 41.6 Å². The third-order valence-corrected chi connectivity index (χ3v) is 8.09. The molecule has 158 valence electrons. The summed E-state index contributed by atoms with van der Waals surface area (Å²) in [4.78, 5) is 34.2. The van der Waals surface area contributed by atoms with Crippen molar-refractivity contribution in [1.82, 2.24) is 15.3 Å². The van der Waals surface area contributed by atoms with Crippen molar-refractivity contribution in [3.63, 3.8) is 0 Å². The molecule has 2 N–H and O–H groups in total. The Morgan fingerprint density at radius 3 is 2.70 bits per heavy atom. The highest BCUT2D eigenvalue weighted by Gasteiger charge is 2.44. The van der Waals surface area contributed by atoms with Gasteiger partial charge in [0.1, 0.15) is 16.5 Å². The number of nitrogens with one attached hydrogen (secondary N) is 2. The number of benzene rings is 1. The first-order valence-corrected chi connectivity index (χ1v) is 11.8. The Morgan fingerprint density at radius 1 is 1.33 bits per heavy atom. The van der Waals surface area contributed by atoms with Crippen LogP contribution in [0.4, 0.5) is 4.39 Å². The van der Waals surface area contributed by atoms with E-state index in [0.29, 0.717) is 23.5 Å². The average molecular weight is 446 g/mol. The summed E-state index contributed by atoms with van der Waals surface area (Å²) < 4.78 is 13.2. The van der Waals surface area contributed by atoms with Crippen LogP contribution in [0.15, 0.2) is 29.1 Å². The van der Waals surface area contributed by atoms with Crippen LogP contribution in [0, 0.1) is 19.7 Å². The smallest absolute Gasteiger partial charge is 0.259 e. The van der Waals surface area contributed by atoms with Crippen molar-refractivity contribution in [2.45, 2.75) is 50.0 Å². The zero-order chi connectivity index (χ0) is 21.5. The fourth-order valence-electron chi connectivity index (χ4n) is 3.57. The van der Waals surface area contributed by atoms with Crippen molar-refractivity contribution in [2.75, 3.05) is 6.54 Å². The number of amides is 1. The zero-order valence-electron chi connectivity index (χ0n) is 17.2. The Morgan fingerprint density at radius 2 is 2.03 bits per heavy atom. The minimum atomic E-state index is -0.276. The van der Waals surface area contributed by atoms with E-state index in [1.54, 1.807) is 12.1 Å². The number of carbonyl (C=O) groups excluding carboxylic acids is 1. The van der Waals surface area contributed by atoms with Crippen LogP contribution in [0.5, 0.6) is 0 Å². The number of hydrogen-bond donors (Lipinski definition) is 2. The highest BCUT2D eigenvalue weighted by atomic mass is 32.2. The van der Waals surface area contributed by atoms with Crippen molar-refractivity contribution >= 4 is 39.2 Å². The van der Waals surface area contributed by atoms with Gasteiger partial charge in [-0.25, -0.2) is 9.37 Å². The van der Waals surface area contributed by atoms with Crippen molar-refractivity contribution in [2.24, 2.45) is 0 Å². The van der Waals surface area contributed by atoms with Crippen LogP contribution in [0.3, 0.4) is 0 Å². The molecule has 2 aromatic heterocycles. The number of H-pyrrole nitrogens is 1. The Bertz CT molecular complexity index is 1150. The fraction of sp³-hybridized carbons (Fsp3) is 0.409. The molecule has 1 atom stereocenters. The minimum Gasteiger partial charge on any atom is -0.354 e. The summed E-state index contributed by atoms with van der Waals surface area (Å²) in [5.41, 5.74) is 1.86. The van der Waals surface area contributed by atoms with Gasteiger partial charge < -0.3 is 10.3 Å². The number of aromatic amines is 1. The maximum Gasteiger partial charge on any atom is 0.259 e. The molecule has 4 rings (SSSR count). The average Bonchev–Trinajstić information content (AvgIpc) is 3.45. The molecule has 1 aliphatic rings. The lowest BCUT2D eigenvalue weighted by atomic mass is 9.96. The van der Waals surface area contributed by atoms with E-state index >= 15 is 0 Å². The molecular formula is C22H24FN3O2S2. The van der Waals surface area contributed by atoms with Gasteiger partial charge >= 0.3 is 0 Å². The largest absolute Gasteiger partial charge is 0.354 e. The van der Waals surface area contributed by atoms with E-state index in [0.717, 1.165) is 33.7 Å². The van der Waals surface area contributed by atoms with Gasteiger partial charge in [0.25, 0.3) is 5.56 Å². The highest BCUT2D eigenvalue weighted by Crippen LogP contribution is 2.47. The van der Waals surface area contributed by atoms with E-state index in [2.05, 4.69) is 15.3 Å². The SMILES string of the molecule is Cc1sc2nc(CSC(C)C(=O)NCC3(c4ccc(F)cc4)CC3)[nH]c(=O)c2c1C. The number of aromatic nitrogens is 2. The number of hydrogen-bond acceptors (Lipinski definition) is 5. The van der Waals surface area contributed by atoms with E-state index in [9.17, 15) is 14.0 Å². The molecule has 2 heterocycles. The maximum absolute atomic E-state index is 13.2. The first-order valence-electron chi connectivity index (χ1n) is 9.93. The van der Waals surface area contributed by atoms with Crippen molar-refractivity contribution in [3.05, 3.63) is 62.3 Å². The van der Waals surface area contributed by atoms with E-state index in [1.165, 1.54) is 35.2 Å². The van der Waals surface area contributed by atoms with Crippen LogP contribution >= 0.6 is 23.1 Å². The number of carbonyl (C=O) groups is 1.